The largest absolute Gasteiger partial charge is 0.444 e. The highest BCUT2D eigenvalue weighted by Gasteiger charge is 2.33. The summed E-state index contributed by atoms with van der Waals surface area (Å²) in [5.41, 5.74) is 3.09. The van der Waals surface area contributed by atoms with Gasteiger partial charge >= 0.3 is 12.2 Å². The second-order valence-electron chi connectivity index (χ2n) is 12.3. The van der Waals surface area contributed by atoms with Crippen molar-refractivity contribution in [3.05, 3.63) is 77.6 Å². The van der Waals surface area contributed by atoms with Gasteiger partial charge in [0.15, 0.2) is 5.65 Å². The zero-order valence-corrected chi connectivity index (χ0v) is 24.3. The fourth-order valence-corrected chi connectivity index (χ4v) is 4.81. The molecule has 0 fully saturated rings. The monoisotopic (exact) mass is 556 g/mol. The molecule has 2 amide bonds. The summed E-state index contributed by atoms with van der Waals surface area (Å²) in [6.07, 6.45) is 3.80. The van der Waals surface area contributed by atoms with E-state index in [1.807, 2.05) is 45.0 Å². The number of aromatic amines is 1. The Morgan fingerprint density at radius 3 is 2.10 bits per heavy atom. The average molecular weight is 557 g/mol. The van der Waals surface area contributed by atoms with Crippen molar-refractivity contribution in [2.75, 3.05) is 4.90 Å². The summed E-state index contributed by atoms with van der Waals surface area (Å²) in [6.45, 7) is 11.4. The van der Waals surface area contributed by atoms with Crippen LogP contribution in [-0.4, -0.2) is 54.5 Å². The third-order valence-corrected chi connectivity index (χ3v) is 6.60. The molecule has 2 aromatic carbocycles. The normalized spacial score (nSPS) is 13.6. The number of carbonyl (C=O) groups is 2. The van der Waals surface area contributed by atoms with Gasteiger partial charge in [-0.25, -0.2) is 19.5 Å². The van der Waals surface area contributed by atoms with Gasteiger partial charge in [-0.3, -0.25) is 5.10 Å². The summed E-state index contributed by atoms with van der Waals surface area (Å²) in [5.74, 6) is 0.155. The predicted octanol–water partition coefficient (Wildman–Crippen LogP) is 6.33. The lowest BCUT2D eigenvalue weighted by Crippen LogP contribution is -2.43. The maximum atomic E-state index is 13.4. The Kier molecular flexibility index (Phi) is 7.42. The number of nitrogens with zero attached hydrogens (tertiary/aromatic N) is 5. The quantitative estimate of drug-likeness (QED) is 0.305. The Balaban J connectivity index is 1.42. The molecule has 10 nitrogen and oxygen atoms in total. The second kappa shape index (κ2) is 10.8. The van der Waals surface area contributed by atoms with Crippen molar-refractivity contribution in [2.24, 2.45) is 0 Å². The standard InChI is InChI=1S/C31H36N6O4/c1-30(2,3)40-28(38)36(25-15-21-9-7-8-10-22(21)16-25)19-20-11-13-24(14-12-20)37(29(39)41-31(4,5)6)27-32-17-23-18-33-35-26(23)34-27/h7-14,17-18,25H,15-16,19H2,1-6H3,(H,32,33,34,35). The number of nitrogens with one attached hydrogen (secondary N) is 1. The van der Waals surface area contributed by atoms with Crippen LogP contribution in [0, 0.1) is 0 Å². The Labute approximate surface area is 239 Å². The molecule has 2 aromatic heterocycles. The molecule has 0 spiro atoms. The number of fused-ring (bicyclic) bond motifs is 2. The first-order valence-electron chi connectivity index (χ1n) is 13.7. The van der Waals surface area contributed by atoms with E-state index in [-0.39, 0.29) is 18.1 Å². The van der Waals surface area contributed by atoms with E-state index < -0.39 is 17.3 Å². The van der Waals surface area contributed by atoms with Crippen molar-refractivity contribution >= 4 is 34.9 Å². The highest BCUT2D eigenvalue weighted by Crippen LogP contribution is 2.30. The summed E-state index contributed by atoms with van der Waals surface area (Å²) in [4.78, 5) is 38.7. The number of amides is 2. The maximum absolute atomic E-state index is 13.4. The number of hydrogen-bond acceptors (Lipinski definition) is 7. The van der Waals surface area contributed by atoms with Crippen LogP contribution in [-0.2, 0) is 28.9 Å². The molecule has 4 aromatic rings. The number of ether oxygens (including phenoxy) is 2. The lowest BCUT2D eigenvalue weighted by molar-refractivity contribution is 0.0148. The number of carbonyl (C=O) groups excluding carboxylic acids is 2. The summed E-state index contributed by atoms with van der Waals surface area (Å²) >= 11 is 0. The molecule has 0 unspecified atom stereocenters. The van der Waals surface area contributed by atoms with Gasteiger partial charge in [0, 0.05) is 18.8 Å². The van der Waals surface area contributed by atoms with Gasteiger partial charge in [0.25, 0.3) is 0 Å². The molecule has 1 N–H and O–H groups in total. The predicted molar refractivity (Wildman–Crippen MR) is 156 cm³/mol. The molecule has 0 radical (unpaired) electrons. The molecule has 0 saturated heterocycles. The molecule has 1 aliphatic rings. The van der Waals surface area contributed by atoms with Crippen LogP contribution in [0.1, 0.15) is 58.2 Å². The number of H-pyrrole nitrogens is 1. The molecule has 0 bridgehead atoms. The molecule has 2 heterocycles. The van der Waals surface area contributed by atoms with Crippen LogP contribution in [0.25, 0.3) is 11.0 Å². The molecule has 5 rings (SSSR count). The number of aromatic nitrogens is 4. The third kappa shape index (κ3) is 6.65. The van der Waals surface area contributed by atoms with Crippen molar-refractivity contribution in [3.63, 3.8) is 0 Å². The van der Waals surface area contributed by atoms with Gasteiger partial charge < -0.3 is 14.4 Å². The van der Waals surface area contributed by atoms with Crippen molar-refractivity contribution in [3.8, 4) is 0 Å². The van der Waals surface area contributed by atoms with Crippen LogP contribution in [0.4, 0.5) is 21.2 Å². The van der Waals surface area contributed by atoms with E-state index in [1.165, 1.54) is 16.0 Å². The van der Waals surface area contributed by atoms with E-state index in [9.17, 15) is 9.59 Å². The van der Waals surface area contributed by atoms with Gasteiger partial charge in [-0.05, 0) is 83.2 Å². The van der Waals surface area contributed by atoms with Crippen LogP contribution in [0.2, 0.25) is 0 Å². The van der Waals surface area contributed by atoms with E-state index >= 15 is 0 Å². The Bertz CT molecular complexity index is 1530. The highest BCUT2D eigenvalue weighted by atomic mass is 16.6. The topological polar surface area (TPSA) is 114 Å². The lowest BCUT2D eigenvalue weighted by Gasteiger charge is -2.32. The molecular weight excluding hydrogens is 520 g/mol. The van der Waals surface area contributed by atoms with Crippen LogP contribution in [0.5, 0.6) is 0 Å². The van der Waals surface area contributed by atoms with Crippen LogP contribution >= 0.6 is 0 Å². The van der Waals surface area contributed by atoms with Crippen molar-refractivity contribution < 1.29 is 19.1 Å². The lowest BCUT2D eigenvalue weighted by atomic mass is 10.1. The smallest absolute Gasteiger partial charge is 0.421 e. The van der Waals surface area contributed by atoms with E-state index in [0.29, 0.717) is 17.9 Å². The first kappa shape index (κ1) is 28.1. The fraction of sp³-hybridized carbons (Fsp3) is 0.387. The third-order valence-electron chi connectivity index (χ3n) is 6.60. The molecule has 0 aliphatic heterocycles. The SMILES string of the molecule is CC(C)(C)OC(=O)N(c1ccc(CN(C(=O)OC(C)(C)C)C2Cc3ccccc3C2)cc1)c1ncc2cn[nH]c2n1. The minimum Gasteiger partial charge on any atom is -0.444 e. The average Bonchev–Trinajstić information content (AvgIpc) is 3.52. The fourth-order valence-electron chi connectivity index (χ4n) is 4.81. The molecule has 1 aliphatic carbocycles. The van der Waals surface area contributed by atoms with E-state index in [0.717, 1.165) is 23.8 Å². The Hall–Kier alpha value is -4.47. The van der Waals surface area contributed by atoms with Gasteiger partial charge in [-0.2, -0.15) is 10.1 Å². The van der Waals surface area contributed by atoms with Gasteiger partial charge in [0.05, 0.1) is 17.3 Å². The van der Waals surface area contributed by atoms with Gasteiger partial charge in [0.1, 0.15) is 11.2 Å². The van der Waals surface area contributed by atoms with Crippen LogP contribution in [0.15, 0.2) is 60.9 Å². The van der Waals surface area contributed by atoms with Gasteiger partial charge in [-0.15, -0.1) is 0 Å². The first-order valence-corrected chi connectivity index (χ1v) is 13.7. The molecule has 214 valence electrons. The van der Waals surface area contributed by atoms with E-state index in [1.54, 1.807) is 50.2 Å². The van der Waals surface area contributed by atoms with E-state index in [2.05, 4.69) is 32.3 Å². The summed E-state index contributed by atoms with van der Waals surface area (Å²) in [6, 6.07) is 15.7. The van der Waals surface area contributed by atoms with Crippen molar-refractivity contribution in [2.45, 2.75) is 78.2 Å². The van der Waals surface area contributed by atoms with Crippen LogP contribution < -0.4 is 4.90 Å². The Morgan fingerprint density at radius 2 is 1.49 bits per heavy atom. The molecule has 41 heavy (non-hydrogen) atoms. The minimum atomic E-state index is -0.722. The number of benzene rings is 2. The van der Waals surface area contributed by atoms with Crippen molar-refractivity contribution in [1.29, 1.82) is 0 Å². The van der Waals surface area contributed by atoms with Crippen molar-refractivity contribution in [1.82, 2.24) is 25.1 Å². The Morgan fingerprint density at radius 1 is 0.878 bits per heavy atom. The molecule has 0 saturated carbocycles. The molecular formula is C31H36N6O4. The number of rotatable bonds is 5. The van der Waals surface area contributed by atoms with Crippen LogP contribution in [0.3, 0.4) is 0 Å². The number of anilines is 2. The van der Waals surface area contributed by atoms with Gasteiger partial charge in [-0.1, -0.05) is 36.4 Å². The first-order chi connectivity index (χ1) is 19.4. The molecule has 0 atom stereocenters. The minimum absolute atomic E-state index is 0.0188. The summed E-state index contributed by atoms with van der Waals surface area (Å²) in [7, 11) is 0. The second-order valence-corrected chi connectivity index (χ2v) is 12.3. The summed E-state index contributed by atoms with van der Waals surface area (Å²) in [5, 5.41) is 7.54. The zero-order valence-electron chi connectivity index (χ0n) is 24.3. The van der Waals surface area contributed by atoms with E-state index in [4.69, 9.17) is 9.47 Å². The molecule has 10 heteroatoms. The van der Waals surface area contributed by atoms with Gasteiger partial charge in [0.2, 0.25) is 5.95 Å². The summed E-state index contributed by atoms with van der Waals surface area (Å²) < 4.78 is 11.5. The highest BCUT2D eigenvalue weighted by molar-refractivity contribution is 5.95. The zero-order chi connectivity index (χ0) is 29.4. The maximum Gasteiger partial charge on any atom is 0.421 e. The number of hydrogen-bond donors (Lipinski definition) is 1.